The van der Waals surface area contributed by atoms with Crippen LogP contribution in [-0.2, 0) is 0 Å². The van der Waals surface area contributed by atoms with Crippen molar-refractivity contribution in [2.24, 2.45) is 0 Å². The number of benzene rings is 2. The molecule has 0 amide bonds. The van der Waals surface area contributed by atoms with Gasteiger partial charge in [0.2, 0.25) is 0 Å². The third-order valence-corrected chi connectivity index (χ3v) is 2.90. The van der Waals surface area contributed by atoms with Gasteiger partial charge in [-0.05, 0) is 35.2 Å². The molecule has 0 heterocycles. The van der Waals surface area contributed by atoms with E-state index in [2.05, 4.69) is 26.0 Å². The van der Waals surface area contributed by atoms with E-state index in [4.69, 9.17) is 5.73 Å². The van der Waals surface area contributed by atoms with Crippen LogP contribution >= 0.6 is 0 Å². The molecule has 0 saturated carbocycles. The minimum Gasteiger partial charge on any atom is -0.398 e. The van der Waals surface area contributed by atoms with Crippen LogP contribution in [0.3, 0.4) is 0 Å². The summed E-state index contributed by atoms with van der Waals surface area (Å²) in [4.78, 5) is 0. The highest BCUT2D eigenvalue weighted by Crippen LogP contribution is 2.28. The fourth-order valence-electron chi connectivity index (χ4n) is 1.83. The van der Waals surface area contributed by atoms with Gasteiger partial charge in [0.15, 0.2) is 0 Å². The van der Waals surface area contributed by atoms with Gasteiger partial charge in [-0.1, -0.05) is 38.1 Å². The highest BCUT2D eigenvalue weighted by molar-refractivity contribution is 5.76. The van der Waals surface area contributed by atoms with Crippen molar-refractivity contribution in [1.82, 2.24) is 0 Å². The molecule has 0 radical (unpaired) electrons. The van der Waals surface area contributed by atoms with Crippen molar-refractivity contribution in [1.29, 1.82) is 0 Å². The van der Waals surface area contributed by atoms with Crippen molar-refractivity contribution < 1.29 is 4.39 Å². The lowest BCUT2D eigenvalue weighted by atomic mass is 9.98. The van der Waals surface area contributed by atoms with E-state index in [1.807, 2.05) is 12.1 Å². The predicted octanol–water partition coefficient (Wildman–Crippen LogP) is 4.20. The second-order valence-electron chi connectivity index (χ2n) is 4.51. The molecule has 0 aromatic heterocycles. The van der Waals surface area contributed by atoms with E-state index in [-0.39, 0.29) is 5.82 Å². The summed E-state index contributed by atoms with van der Waals surface area (Å²) < 4.78 is 13.2. The maximum absolute atomic E-state index is 13.2. The summed E-state index contributed by atoms with van der Waals surface area (Å²) >= 11 is 0. The second-order valence-corrected chi connectivity index (χ2v) is 4.51. The molecule has 0 unspecified atom stereocenters. The zero-order chi connectivity index (χ0) is 12.4. The largest absolute Gasteiger partial charge is 0.398 e. The van der Waals surface area contributed by atoms with E-state index in [1.54, 1.807) is 6.07 Å². The van der Waals surface area contributed by atoms with Crippen LogP contribution < -0.4 is 5.73 Å². The Morgan fingerprint density at radius 2 is 1.65 bits per heavy atom. The van der Waals surface area contributed by atoms with E-state index in [0.717, 1.165) is 11.1 Å². The molecule has 0 spiro atoms. The minimum atomic E-state index is -0.262. The summed E-state index contributed by atoms with van der Waals surface area (Å²) in [5, 5.41) is 0. The Kier molecular flexibility index (Phi) is 3.14. The Morgan fingerprint density at radius 1 is 1.00 bits per heavy atom. The highest BCUT2D eigenvalue weighted by atomic mass is 19.1. The molecule has 88 valence electrons. The number of rotatable bonds is 2. The first-order valence-corrected chi connectivity index (χ1v) is 5.73. The van der Waals surface area contributed by atoms with Crippen LogP contribution in [-0.4, -0.2) is 0 Å². The third kappa shape index (κ3) is 2.47. The van der Waals surface area contributed by atoms with E-state index >= 15 is 0 Å². The topological polar surface area (TPSA) is 26.0 Å². The maximum Gasteiger partial charge on any atom is 0.123 e. The van der Waals surface area contributed by atoms with E-state index in [9.17, 15) is 4.39 Å². The standard InChI is InChI=1S/C15H16FN/c1-10(2)11-3-5-12(6-4-11)14-9-13(16)7-8-15(14)17/h3-10H,17H2,1-2H3. The summed E-state index contributed by atoms with van der Waals surface area (Å²) in [5.74, 6) is 0.232. The predicted molar refractivity (Wildman–Crippen MR) is 70.3 cm³/mol. The summed E-state index contributed by atoms with van der Waals surface area (Å²) in [6.07, 6.45) is 0. The summed E-state index contributed by atoms with van der Waals surface area (Å²) in [7, 11) is 0. The van der Waals surface area contributed by atoms with E-state index < -0.39 is 0 Å². The van der Waals surface area contributed by atoms with Crippen molar-refractivity contribution in [3.8, 4) is 11.1 Å². The van der Waals surface area contributed by atoms with Gasteiger partial charge in [-0.3, -0.25) is 0 Å². The normalized spacial score (nSPS) is 10.8. The molecule has 0 aliphatic carbocycles. The van der Waals surface area contributed by atoms with Crippen LogP contribution in [0.2, 0.25) is 0 Å². The van der Waals surface area contributed by atoms with Crippen molar-refractivity contribution in [3.63, 3.8) is 0 Å². The molecule has 1 nitrogen and oxygen atoms in total. The fourth-order valence-corrected chi connectivity index (χ4v) is 1.83. The van der Waals surface area contributed by atoms with Gasteiger partial charge in [-0.15, -0.1) is 0 Å². The van der Waals surface area contributed by atoms with Gasteiger partial charge in [0.05, 0.1) is 0 Å². The van der Waals surface area contributed by atoms with Crippen molar-refractivity contribution in [2.45, 2.75) is 19.8 Å². The van der Waals surface area contributed by atoms with Crippen molar-refractivity contribution in [3.05, 3.63) is 53.8 Å². The second kappa shape index (κ2) is 4.58. The third-order valence-electron chi connectivity index (χ3n) is 2.90. The first-order chi connectivity index (χ1) is 8.08. The molecular formula is C15H16FN. The van der Waals surface area contributed by atoms with Gasteiger partial charge in [-0.2, -0.15) is 0 Å². The van der Waals surface area contributed by atoms with Crippen molar-refractivity contribution in [2.75, 3.05) is 5.73 Å². The van der Waals surface area contributed by atoms with Gasteiger partial charge in [-0.25, -0.2) is 4.39 Å². The van der Waals surface area contributed by atoms with Gasteiger partial charge in [0.1, 0.15) is 5.82 Å². The van der Waals surface area contributed by atoms with E-state index in [0.29, 0.717) is 11.6 Å². The zero-order valence-electron chi connectivity index (χ0n) is 10.1. The molecule has 2 aromatic carbocycles. The fraction of sp³-hybridized carbons (Fsp3) is 0.200. The molecule has 2 heteroatoms. The Hall–Kier alpha value is -1.83. The van der Waals surface area contributed by atoms with Crippen molar-refractivity contribution >= 4 is 5.69 Å². The van der Waals surface area contributed by atoms with Crippen LogP contribution in [0.25, 0.3) is 11.1 Å². The SMILES string of the molecule is CC(C)c1ccc(-c2cc(F)ccc2N)cc1. The molecule has 2 N–H and O–H groups in total. The van der Waals surface area contributed by atoms with Gasteiger partial charge in [0, 0.05) is 11.3 Å². The Morgan fingerprint density at radius 3 is 2.24 bits per heavy atom. The summed E-state index contributed by atoms with van der Waals surface area (Å²) in [6, 6.07) is 12.5. The van der Waals surface area contributed by atoms with Gasteiger partial charge in [0.25, 0.3) is 0 Å². The first kappa shape index (κ1) is 11.6. The molecule has 0 atom stereocenters. The quantitative estimate of drug-likeness (QED) is 0.767. The first-order valence-electron chi connectivity index (χ1n) is 5.73. The smallest absolute Gasteiger partial charge is 0.123 e. The number of nitrogen functional groups attached to an aromatic ring is 1. The minimum absolute atomic E-state index is 0.262. The average molecular weight is 229 g/mol. The Balaban J connectivity index is 2.43. The van der Waals surface area contributed by atoms with Crippen LogP contribution in [0.15, 0.2) is 42.5 Å². The van der Waals surface area contributed by atoms with Crippen LogP contribution in [0.1, 0.15) is 25.3 Å². The van der Waals surface area contributed by atoms with Gasteiger partial charge >= 0.3 is 0 Å². The molecule has 0 fully saturated rings. The van der Waals surface area contributed by atoms with Crippen LogP contribution in [0.5, 0.6) is 0 Å². The van der Waals surface area contributed by atoms with E-state index in [1.165, 1.54) is 17.7 Å². The lowest BCUT2D eigenvalue weighted by molar-refractivity contribution is 0.628. The Labute approximate surface area is 101 Å². The summed E-state index contributed by atoms with van der Waals surface area (Å²) in [5.41, 5.74) is 9.42. The van der Waals surface area contributed by atoms with Crippen LogP contribution in [0.4, 0.5) is 10.1 Å². The lowest BCUT2D eigenvalue weighted by Gasteiger charge is -2.09. The molecule has 2 rings (SSSR count). The number of hydrogen-bond acceptors (Lipinski definition) is 1. The molecule has 2 aromatic rings. The lowest BCUT2D eigenvalue weighted by Crippen LogP contribution is -1.92. The maximum atomic E-state index is 13.2. The molecule has 0 bridgehead atoms. The highest BCUT2D eigenvalue weighted by Gasteiger charge is 2.05. The molecule has 0 aliphatic rings. The molecule has 0 aliphatic heterocycles. The molecule has 17 heavy (non-hydrogen) atoms. The Bertz CT molecular complexity index is 515. The number of halogens is 1. The zero-order valence-corrected chi connectivity index (χ0v) is 10.1. The number of nitrogens with two attached hydrogens (primary N) is 1. The molecule has 0 saturated heterocycles. The number of hydrogen-bond donors (Lipinski definition) is 1. The molecular weight excluding hydrogens is 213 g/mol. The van der Waals surface area contributed by atoms with Gasteiger partial charge < -0.3 is 5.73 Å². The summed E-state index contributed by atoms with van der Waals surface area (Å²) in [6.45, 7) is 4.29. The van der Waals surface area contributed by atoms with Crippen LogP contribution in [0, 0.1) is 5.82 Å². The average Bonchev–Trinajstić information content (AvgIpc) is 2.32. The number of anilines is 1. The monoisotopic (exact) mass is 229 g/mol.